The molecule has 0 saturated carbocycles. The van der Waals surface area contributed by atoms with Gasteiger partial charge >= 0.3 is 6.18 Å². The Bertz CT molecular complexity index is 851. The molecule has 2 aromatic rings. The number of carbonyl (C=O) groups excluding carboxylic acids is 1. The minimum atomic E-state index is -4.32. The van der Waals surface area contributed by atoms with Gasteiger partial charge in [0, 0.05) is 32.7 Å². The lowest BCUT2D eigenvalue weighted by Crippen LogP contribution is -2.38. The Labute approximate surface area is 198 Å². The average Bonchev–Trinajstić information content (AvgIpc) is 2.71. The number of carbonyl (C=O) groups is 1. The number of hydrogen-bond acceptors (Lipinski definition) is 2. The van der Waals surface area contributed by atoms with Crippen molar-refractivity contribution in [2.45, 2.75) is 26.1 Å². The Morgan fingerprint density at radius 1 is 0.968 bits per heavy atom. The number of nitrogens with one attached hydrogen (secondary N) is 2. The largest absolute Gasteiger partial charge is 0.416 e. The van der Waals surface area contributed by atoms with E-state index in [4.69, 9.17) is 0 Å². The van der Waals surface area contributed by atoms with Crippen LogP contribution in [0, 0.1) is 0 Å². The van der Waals surface area contributed by atoms with Crippen LogP contribution in [0.1, 0.15) is 34.0 Å². The number of aliphatic imine (C=N–C) groups is 1. The van der Waals surface area contributed by atoms with Gasteiger partial charge in [0.15, 0.2) is 5.96 Å². The summed E-state index contributed by atoms with van der Waals surface area (Å²) in [5.74, 6) is 0.571. The molecule has 2 rings (SSSR count). The van der Waals surface area contributed by atoms with Crippen LogP contribution in [-0.2, 0) is 19.1 Å². The highest BCUT2D eigenvalue weighted by atomic mass is 127. The number of hydrogen-bond donors (Lipinski definition) is 2. The second kappa shape index (κ2) is 12.5. The summed E-state index contributed by atoms with van der Waals surface area (Å²) >= 11 is 0. The van der Waals surface area contributed by atoms with E-state index in [0.29, 0.717) is 37.6 Å². The van der Waals surface area contributed by atoms with E-state index >= 15 is 0 Å². The zero-order valence-corrected chi connectivity index (χ0v) is 20.1. The summed E-state index contributed by atoms with van der Waals surface area (Å²) in [5, 5.41) is 6.33. The van der Waals surface area contributed by atoms with Crippen molar-refractivity contribution in [3.8, 4) is 0 Å². The van der Waals surface area contributed by atoms with Crippen molar-refractivity contribution >= 4 is 35.8 Å². The first-order chi connectivity index (χ1) is 14.2. The van der Waals surface area contributed by atoms with Gasteiger partial charge in [0.25, 0.3) is 5.91 Å². The number of alkyl halides is 3. The predicted octanol–water partition coefficient (Wildman–Crippen LogP) is 4.32. The minimum Gasteiger partial charge on any atom is -0.357 e. The molecule has 0 aliphatic carbocycles. The Morgan fingerprint density at radius 3 is 2.06 bits per heavy atom. The molecule has 0 spiro atoms. The van der Waals surface area contributed by atoms with Gasteiger partial charge in [-0.3, -0.25) is 4.79 Å². The van der Waals surface area contributed by atoms with Gasteiger partial charge < -0.3 is 15.5 Å². The molecule has 0 bridgehead atoms. The van der Waals surface area contributed by atoms with Gasteiger partial charge in [0.05, 0.1) is 12.1 Å². The Balaban J connectivity index is 0.00000480. The molecule has 1 amide bonds. The summed E-state index contributed by atoms with van der Waals surface area (Å²) in [6, 6.07) is 12.5. The van der Waals surface area contributed by atoms with Crippen LogP contribution in [0.25, 0.3) is 0 Å². The van der Waals surface area contributed by atoms with Crippen LogP contribution >= 0.6 is 24.0 Å². The summed E-state index contributed by atoms with van der Waals surface area (Å²) in [6.45, 7) is 3.61. The molecular weight excluding hydrogens is 520 g/mol. The van der Waals surface area contributed by atoms with Crippen LogP contribution < -0.4 is 10.6 Å². The predicted molar refractivity (Wildman–Crippen MR) is 128 cm³/mol. The van der Waals surface area contributed by atoms with Crippen LogP contribution in [0.5, 0.6) is 0 Å². The third-order valence-corrected chi connectivity index (χ3v) is 4.36. The molecule has 0 atom stereocenters. The summed E-state index contributed by atoms with van der Waals surface area (Å²) < 4.78 is 37.9. The average molecular weight is 548 g/mol. The van der Waals surface area contributed by atoms with Gasteiger partial charge in [-0.2, -0.15) is 13.2 Å². The lowest BCUT2D eigenvalue weighted by molar-refractivity contribution is -0.137. The fraction of sp³-hybridized carbons (Fsp3) is 0.364. The summed E-state index contributed by atoms with van der Waals surface area (Å²) in [5.41, 5.74) is 1.75. The third-order valence-electron chi connectivity index (χ3n) is 4.36. The molecule has 2 aromatic carbocycles. The van der Waals surface area contributed by atoms with Crippen molar-refractivity contribution < 1.29 is 18.0 Å². The minimum absolute atomic E-state index is 0. The molecule has 2 N–H and O–H groups in total. The van der Waals surface area contributed by atoms with Gasteiger partial charge in [-0.15, -0.1) is 24.0 Å². The van der Waals surface area contributed by atoms with Crippen LogP contribution in [0.15, 0.2) is 53.5 Å². The first kappa shape index (κ1) is 26.7. The number of amides is 1. The number of nitrogens with zero attached hydrogens (tertiary/aromatic N) is 2. The molecule has 0 aliphatic rings. The molecule has 170 valence electrons. The molecule has 0 unspecified atom stereocenters. The van der Waals surface area contributed by atoms with Crippen molar-refractivity contribution in [3.05, 3.63) is 70.8 Å². The monoisotopic (exact) mass is 548 g/mol. The smallest absolute Gasteiger partial charge is 0.357 e. The van der Waals surface area contributed by atoms with E-state index in [0.717, 1.165) is 23.3 Å². The van der Waals surface area contributed by atoms with Crippen LogP contribution in [-0.4, -0.2) is 44.0 Å². The first-order valence-electron chi connectivity index (χ1n) is 9.69. The fourth-order valence-electron chi connectivity index (χ4n) is 2.71. The van der Waals surface area contributed by atoms with Crippen LogP contribution in [0.3, 0.4) is 0 Å². The fourth-order valence-corrected chi connectivity index (χ4v) is 2.71. The van der Waals surface area contributed by atoms with E-state index < -0.39 is 11.7 Å². The third kappa shape index (κ3) is 8.76. The lowest BCUT2D eigenvalue weighted by atomic mass is 10.1. The molecule has 0 aliphatic heterocycles. The van der Waals surface area contributed by atoms with Gasteiger partial charge in [0.1, 0.15) is 0 Å². The van der Waals surface area contributed by atoms with Crippen LogP contribution in [0.4, 0.5) is 13.2 Å². The molecule has 0 saturated heterocycles. The number of rotatable bonds is 7. The van der Waals surface area contributed by atoms with E-state index in [9.17, 15) is 18.0 Å². The van der Waals surface area contributed by atoms with Crippen LogP contribution in [0.2, 0.25) is 0 Å². The summed E-state index contributed by atoms with van der Waals surface area (Å²) in [7, 11) is 3.42. The Kier molecular flexibility index (Phi) is 10.8. The molecule has 5 nitrogen and oxygen atoms in total. The standard InChI is InChI=1S/C22H27F3N4O.HI/c1-4-26-21(27-14-13-16-7-11-19(12-8-16)22(23,24)25)28-15-17-5-9-18(10-6-17)20(30)29(2)3;/h5-12H,4,13-15H2,1-3H3,(H2,26,27,28);1H. The first-order valence-corrected chi connectivity index (χ1v) is 9.69. The summed E-state index contributed by atoms with van der Waals surface area (Å²) in [4.78, 5) is 18.0. The van der Waals surface area contributed by atoms with Crippen molar-refractivity contribution in [2.75, 3.05) is 27.2 Å². The van der Waals surface area contributed by atoms with Gasteiger partial charge in [-0.25, -0.2) is 4.99 Å². The maximum Gasteiger partial charge on any atom is 0.416 e. The van der Waals surface area contributed by atoms with E-state index in [1.54, 1.807) is 26.2 Å². The highest BCUT2D eigenvalue weighted by molar-refractivity contribution is 14.0. The number of guanidine groups is 1. The summed E-state index contributed by atoms with van der Waals surface area (Å²) in [6.07, 6.45) is -3.75. The quantitative estimate of drug-likeness (QED) is 0.308. The van der Waals surface area contributed by atoms with E-state index in [1.165, 1.54) is 17.0 Å². The highest BCUT2D eigenvalue weighted by Gasteiger charge is 2.29. The molecule has 9 heteroatoms. The maximum atomic E-state index is 12.6. The Hall–Kier alpha value is -2.30. The topological polar surface area (TPSA) is 56.7 Å². The highest BCUT2D eigenvalue weighted by Crippen LogP contribution is 2.29. The zero-order valence-electron chi connectivity index (χ0n) is 17.8. The number of halogens is 4. The second-order valence-corrected chi connectivity index (χ2v) is 6.96. The van der Waals surface area contributed by atoms with Crippen molar-refractivity contribution in [2.24, 2.45) is 4.99 Å². The van der Waals surface area contributed by atoms with E-state index in [1.807, 2.05) is 19.1 Å². The van der Waals surface area contributed by atoms with Crippen molar-refractivity contribution in [1.82, 2.24) is 15.5 Å². The molecule has 31 heavy (non-hydrogen) atoms. The second-order valence-electron chi connectivity index (χ2n) is 6.96. The molecule has 0 aromatic heterocycles. The van der Waals surface area contributed by atoms with E-state index in [2.05, 4.69) is 15.6 Å². The van der Waals surface area contributed by atoms with Gasteiger partial charge in [0.2, 0.25) is 0 Å². The maximum absolute atomic E-state index is 12.6. The number of benzene rings is 2. The zero-order chi connectivity index (χ0) is 22.1. The van der Waals surface area contributed by atoms with Crippen molar-refractivity contribution in [1.29, 1.82) is 0 Å². The van der Waals surface area contributed by atoms with Gasteiger partial charge in [-0.05, 0) is 48.7 Å². The molecule has 0 fully saturated rings. The van der Waals surface area contributed by atoms with E-state index in [-0.39, 0.29) is 29.9 Å². The normalized spacial score (nSPS) is 11.5. The molecular formula is C22H28F3IN4O. The lowest BCUT2D eigenvalue weighted by Gasteiger charge is -2.12. The Morgan fingerprint density at radius 2 is 1.55 bits per heavy atom. The SMILES string of the molecule is CCNC(=NCc1ccc(C(=O)N(C)C)cc1)NCCc1ccc(C(F)(F)F)cc1.I. The van der Waals surface area contributed by atoms with Crippen molar-refractivity contribution in [3.63, 3.8) is 0 Å². The molecule has 0 radical (unpaired) electrons. The van der Waals surface area contributed by atoms with Gasteiger partial charge in [-0.1, -0.05) is 24.3 Å². The molecule has 0 heterocycles.